The first-order valence-corrected chi connectivity index (χ1v) is 10.6. The van der Waals surface area contributed by atoms with E-state index in [-0.39, 0.29) is 5.91 Å². The van der Waals surface area contributed by atoms with E-state index in [2.05, 4.69) is 6.07 Å². The lowest BCUT2D eigenvalue weighted by atomic mass is 10.0. The zero-order valence-corrected chi connectivity index (χ0v) is 16.7. The number of thioether (sulfide) groups is 1. The Balaban J connectivity index is 1.76. The average Bonchev–Trinajstić information content (AvgIpc) is 3.01. The van der Waals surface area contributed by atoms with Crippen LogP contribution in [0.25, 0.3) is 5.70 Å². The number of esters is 1. The highest BCUT2D eigenvalue weighted by molar-refractivity contribution is 8.00. The van der Waals surface area contributed by atoms with Gasteiger partial charge in [-0.15, -0.1) is 11.8 Å². The summed E-state index contributed by atoms with van der Waals surface area (Å²) in [7, 11) is 1.35. The topological polar surface area (TPSA) is 46.6 Å². The molecule has 1 saturated carbocycles. The number of ether oxygens (including phenoxy) is 1. The molecule has 1 heterocycles. The fourth-order valence-corrected chi connectivity index (χ4v) is 5.26. The highest BCUT2D eigenvalue weighted by atomic mass is 32.2. The van der Waals surface area contributed by atoms with E-state index in [1.54, 1.807) is 11.0 Å². The number of hydrogen-bond donors (Lipinski definition) is 0. The van der Waals surface area contributed by atoms with E-state index in [0.29, 0.717) is 16.5 Å². The molecule has 0 radical (unpaired) electrons. The molecule has 4 nitrogen and oxygen atoms in total. The molecule has 5 heteroatoms. The predicted molar refractivity (Wildman–Crippen MR) is 112 cm³/mol. The van der Waals surface area contributed by atoms with Gasteiger partial charge in [-0.25, -0.2) is 4.79 Å². The number of para-hydroxylation sites is 1. The first-order chi connectivity index (χ1) is 13.7. The lowest BCUT2D eigenvalue weighted by Gasteiger charge is -2.25. The van der Waals surface area contributed by atoms with Crippen molar-refractivity contribution in [2.75, 3.05) is 12.0 Å². The van der Waals surface area contributed by atoms with Crippen molar-refractivity contribution in [3.63, 3.8) is 0 Å². The number of anilines is 1. The smallest absolute Gasteiger partial charge is 0.332 e. The van der Waals surface area contributed by atoms with Gasteiger partial charge in [0.15, 0.2) is 0 Å². The van der Waals surface area contributed by atoms with E-state index in [1.807, 2.05) is 48.2 Å². The zero-order chi connectivity index (χ0) is 19.5. The number of benzene rings is 2. The molecule has 1 aliphatic carbocycles. The summed E-state index contributed by atoms with van der Waals surface area (Å²) in [5, 5.41) is 0.572. The standard InChI is InChI=1S/C23H23NO3S/c1-27-22(25)15-20-17-11-5-6-12-18(17)23(26)24(20)19-13-7-8-14-21(19)28-16-9-3-2-4-10-16/h5-8,11-16H,2-4,9-10H2,1H3/b20-15+. The summed E-state index contributed by atoms with van der Waals surface area (Å²) >= 11 is 1.85. The first kappa shape index (κ1) is 18.8. The number of nitrogens with zero attached hydrogens (tertiary/aromatic N) is 1. The van der Waals surface area contributed by atoms with Gasteiger partial charge in [-0.3, -0.25) is 9.69 Å². The number of hydrogen-bond acceptors (Lipinski definition) is 4. The molecule has 0 unspecified atom stereocenters. The van der Waals surface area contributed by atoms with E-state index >= 15 is 0 Å². The van der Waals surface area contributed by atoms with Gasteiger partial charge < -0.3 is 4.74 Å². The van der Waals surface area contributed by atoms with Gasteiger partial charge in [0, 0.05) is 27.3 Å². The lowest BCUT2D eigenvalue weighted by Crippen LogP contribution is -2.24. The van der Waals surface area contributed by atoms with Gasteiger partial charge in [-0.2, -0.15) is 0 Å². The summed E-state index contributed by atoms with van der Waals surface area (Å²) in [6.45, 7) is 0. The van der Waals surface area contributed by atoms with Gasteiger partial charge >= 0.3 is 5.97 Å². The van der Waals surface area contributed by atoms with Gasteiger partial charge in [0.2, 0.25) is 0 Å². The second-order valence-corrected chi connectivity index (χ2v) is 8.43. The van der Waals surface area contributed by atoms with Crippen molar-refractivity contribution in [2.45, 2.75) is 42.2 Å². The molecular formula is C23H23NO3S. The number of carbonyl (C=O) groups is 2. The Morgan fingerprint density at radius 1 is 1.04 bits per heavy atom. The second kappa shape index (κ2) is 8.23. The minimum atomic E-state index is -0.470. The van der Waals surface area contributed by atoms with E-state index < -0.39 is 5.97 Å². The summed E-state index contributed by atoms with van der Waals surface area (Å²) in [6.07, 6.45) is 7.66. The number of rotatable bonds is 4. The van der Waals surface area contributed by atoms with Gasteiger partial charge in [0.05, 0.1) is 18.5 Å². The third-order valence-electron chi connectivity index (χ3n) is 5.29. The molecule has 2 aromatic carbocycles. The fourth-order valence-electron chi connectivity index (χ4n) is 3.90. The molecule has 0 N–H and O–H groups in total. The van der Waals surface area contributed by atoms with Crippen LogP contribution in [0.15, 0.2) is 59.5 Å². The van der Waals surface area contributed by atoms with Crippen LogP contribution >= 0.6 is 11.8 Å². The van der Waals surface area contributed by atoms with Gasteiger partial charge in [-0.05, 0) is 31.0 Å². The normalized spacial score (nSPS) is 18.4. The molecule has 0 bridgehead atoms. The largest absolute Gasteiger partial charge is 0.466 e. The number of carbonyl (C=O) groups excluding carboxylic acids is 2. The van der Waals surface area contributed by atoms with Crippen molar-refractivity contribution in [2.24, 2.45) is 0 Å². The summed E-state index contributed by atoms with van der Waals surface area (Å²) in [6, 6.07) is 15.4. The SMILES string of the molecule is COC(=O)/C=C1\c2ccccc2C(=O)N1c1ccccc1SC1CCCCC1. The van der Waals surface area contributed by atoms with Crippen LogP contribution in [0.1, 0.15) is 48.0 Å². The molecule has 1 amide bonds. The van der Waals surface area contributed by atoms with E-state index in [0.717, 1.165) is 16.1 Å². The fraction of sp³-hybridized carbons (Fsp3) is 0.304. The average molecular weight is 394 g/mol. The van der Waals surface area contributed by atoms with Gasteiger partial charge in [0.1, 0.15) is 0 Å². The summed E-state index contributed by atoms with van der Waals surface area (Å²) < 4.78 is 4.84. The molecule has 0 saturated heterocycles. The highest BCUT2D eigenvalue weighted by Crippen LogP contribution is 2.43. The molecule has 4 rings (SSSR count). The van der Waals surface area contributed by atoms with Crippen molar-refractivity contribution in [3.8, 4) is 0 Å². The summed E-state index contributed by atoms with van der Waals surface area (Å²) in [4.78, 5) is 28.0. The molecule has 2 aromatic rings. The molecule has 0 atom stereocenters. The number of amides is 1. The van der Waals surface area contributed by atoms with E-state index in [9.17, 15) is 9.59 Å². The third kappa shape index (κ3) is 3.59. The molecule has 28 heavy (non-hydrogen) atoms. The minimum absolute atomic E-state index is 0.109. The quantitative estimate of drug-likeness (QED) is 0.523. The Morgan fingerprint density at radius 3 is 2.46 bits per heavy atom. The van der Waals surface area contributed by atoms with Crippen LogP contribution in [0.4, 0.5) is 5.69 Å². The van der Waals surface area contributed by atoms with Crippen LogP contribution in [0.3, 0.4) is 0 Å². The van der Waals surface area contributed by atoms with Crippen molar-refractivity contribution in [1.82, 2.24) is 0 Å². The highest BCUT2D eigenvalue weighted by Gasteiger charge is 2.35. The lowest BCUT2D eigenvalue weighted by molar-refractivity contribution is -0.134. The van der Waals surface area contributed by atoms with E-state index in [4.69, 9.17) is 4.74 Å². The maximum absolute atomic E-state index is 13.2. The Morgan fingerprint density at radius 2 is 1.71 bits per heavy atom. The molecule has 1 aliphatic heterocycles. The maximum Gasteiger partial charge on any atom is 0.332 e. The molecule has 0 spiro atoms. The monoisotopic (exact) mass is 393 g/mol. The Hall–Kier alpha value is -2.53. The van der Waals surface area contributed by atoms with Crippen LogP contribution in [0, 0.1) is 0 Å². The predicted octanol–water partition coefficient (Wildman–Crippen LogP) is 5.29. The molecule has 0 aromatic heterocycles. The summed E-state index contributed by atoms with van der Waals surface area (Å²) in [5.74, 6) is -0.579. The number of methoxy groups -OCH3 is 1. The Bertz CT molecular complexity index is 931. The maximum atomic E-state index is 13.2. The molecule has 144 valence electrons. The first-order valence-electron chi connectivity index (χ1n) is 9.68. The third-order valence-corrected chi connectivity index (χ3v) is 6.69. The van der Waals surface area contributed by atoms with E-state index in [1.165, 1.54) is 45.3 Å². The Kier molecular flexibility index (Phi) is 5.53. The van der Waals surface area contributed by atoms with Gasteiger partial charge in [-0.1, -0.05) is 49.6 Å². The van der Waals surface area contributed by atoms with Gasteiger partial charge in [0.25, 0.3) is 5.91 Å². The summed E-state index contributed by atoms with van der Waals surface area (Å²) in [5.41, 5.74) is 2.77. The van der Waals surface area contributed by atoms with Crippen molar-refractivity contribution < 1.29 is 14.3 Å². The van der Waals surface area contributed by atoms with Crippen LogP contribution in [0.5, 0.6) is 0 Å². The van der Waals surface area contributed by atoms with Crippen LogP contribution in [0.2, 0.25) is 0 Å². The molecule has 1 fully saturated rings. The minimum Gasteiger partial charge on any atom is -0.466 e. The van der Waals surface area contributed by atoms with Crippen molar-refractivity contribution in [1.29, 1.82) is 0 Å². The molecule has 2 aliphatic rings. The van der Waals surface area contributed by atoms with Crippen LogP contribution in [-0.2, 0) is 9.53 Å². The second-order valence-electron chi connectivity index (χ2n) is 7.08. The van der Waals surface area contributed by atoms with Crippen LogP contribution in [-0.4, -0.2) is 24.2 Å². The van der Waals surface area contributed by atoms with Crippen molar-refractivity contribution in [3.05, 3.63) is 65.7 Å². The zero-order valence-electron chi connectivity index (χ0n) is 15.9. The molecular weight excluding hydrogens is 370 g/mol. The number of fused-ring (bicyclic) bond motifs is 1. The van der Waals surface area contributed by atoms with Crippen molar-refractivity contribution >= 4 is 35.0 Å². The Labute approximate surface area is 169 Å². The van der Waals surface area contributed by atoms with Crippen LogP contribution < -0.4 is 4.90 Å².